The van der Waals surface area contributed by atoms with Crippen molar-refractivity contribution in [1.82, 2.24) is 15.5 Å². The molecule has 1 unspecified atom stereocenters. The summed E-state index contributed by atoms with van der Waals surface area (Å²) in [7, 11) is 3.35. The van der Waals surface area contributed by atoms with Crippen molar-refractivity contribution in [2.75, 3.05) is 33.8 Å². The second-order valence-electron chi connectivity index (χ2n) is 6.82. The second-order valence-corrected chi connectivity index (χ2v) is 7.22. The summed E-state index contributed by atoms with van der Waals surface area (Å²) in [5.41, 5.74) is 1.05. The number of methoxy groups -OCH3 is 1. The number of rotatable bonds is 7. The molecule has 1 heterocycles. The molecule has 2 N–H and O–H groups in total. The summed E-state index contributed by atoms with van der Waals surface area (Å²) in [6, 6.07) is 6.05. The van der Waals surface area contributed by atoms with Crippen molar-refractivity contribution in [3.8, 4) is 5.75 Å². The number of ether oxygens (including phenoxy) is 1. The van der Waals surface area contributed by atoms with Crippen molar-refractivity contribution in [2.24, 2.45) is 4.99 Å². The van der Waals surface area contributed by atoms with Crippen LogP contribution in [-0.2, 0) is 11.2 Å². The van der Waals surface area contributed by atoms with E-state index in [1.165, 1.54) is 6.42 Å². The first-order valence-corrected chi connectivity index (χ1v) is 9.99. The van der Waals surface area contributed by atoms with Crippen LogP contribution in [0.3, 0.4) is 0 Å². The van der Waals surface area contributed by atoms with Crippen molar-refractivity contribution in [3.63, 3.8) is 0 Å². The third-order valence-electron chi connectivity index (χ3n) is 4.93. The minimum absolute atomic E-state index is 0.218. The van der Waals surface area contributed by atoms with Gasteiger partial charge in [0.1, 0.15) is 5.75 Å². The number of guanidine groups is 1. The number of likely N-dealkylation sites (tertiary alicyclic amines) is 1. The Morgan fingerprint density at radius 3 is 2.78 bits per heavy atom. The standard InChI is InChI=1S/C20H31ClN4O2/c1-15-6-4-5-13-25(15)19(26)10-12-24-20(22-2)23-11-9-16-7-8-17(27-3)14-18(16)21/h7-8,14-15H,4-6,9-13H2,1-3H3,(H2,22,23,24). The van der Waals surface area contributed by atoms with Crippen molar-refractivity contribution >= 4 is 23.5 Å². The zero-order valence-electron chi connectivity index (χ0n) is 16.6. The summed E-state index contributed by atoms with van der Waals surface area (Å²) in [4.78, 5) is 18.6. The Labute approximate surface area is 167 Å². The van der Waals surface area contributed by atoms with E-state index < -0.39 is 0 Å². The molecular weight excluding hydrogens is 364 g/mol. The van der Waals surface area contributed by atoms with Gasteiger partial charge in [-0.25, -0.2) is 0 Å². The van der Waals surface area contributed by atoms with Gasteiger partial charge in [0, 0.05) is 44.2 Å². The molecule has 0 radical (unpaired) electrons. The van der Waals surface area contributed by atoms with Gasteiger partial charge in [0.05, 0.1) is 7.11 Å². The van der Waals surface area contributed by atoms with Crippen LogP contribution in [0, 0.1) is 0 Å². The fraction of sp³-hybridized carbons (Fsp3) is 0.600. The Kier molecular flexibility index (Phi) is 8.72. The van der Waals surface area contributed by atoms with Crippen molar-refractivity contribution in [3.05, 3.63) is 28.8 Å². The Bertz CT molecular complexity index is 651. The number of hydrogen-bond acceptors (Lipinski definition) is 3. The number of piperidine rings is 1. The van der Waals surface area contributed by atoms with Crippen LogP contribution in [0.2, 0.25) is 5.02 Å². The molecule has 1 aromatic carbocycles. The lowest BCUT2D eigenvalue weighted by atomic mass is 10.0. The molecule has 0 spiro atoms. The van der Waals surface area contributed by atoms with Crippen molar-refractivity contribution in [1.29, 1.82) is 0 Å². The number of carbonyl (C=O) groups excluding carboxylic acids is 1. The Balaban J connectivity index is 1.70. The predicted molar refractivity (Wildman–Crippen MR) is 111 cm³/mol. The van der Waals surface area contributed by atoms with Crippen LogP contribution in [0.15, 0.2) is 23.2 Å². The fourth-order valence-corrected chi connectivity index (χ4v) is 3.56. The molecule has 7 heteroatoms. The van der Waals surface area contributed by atoms with E-state index in [4.69, 9.17) is 16.3 Å². The van der Waals surface area contributed by atoms with Crippen LogP contribution in [0.25, 0.3) is 0 Å². The molecule has 1 aromatic rings. The van der Waals surface area contributed by atoms with Gasteiger partial charge in [0.15, 0.2) is 5.96 Å². The molecule has 1 amide bonds. The molecule has 1 saturated heterocycles. The van der Waals surface area contributed by atoms with E-state index in [-0.39, 0.29) is 5.91 Å². The molecule has 0 aliphatic carbocycles. The highest BCUT2D eigenvalue weighted by atomic mass is 35.5. The van der Waals surface area contributed by atoms with E-state index in [1.807, 2.05) is 23.1 Å². The van der Waals surface area contributed by atoms with Gasteiger partial charge in [0.25, 0.3) is 0 Å². The van der Waals surface area contributed by atoms with Crippen molar-refractivity contribution in [2.45, 2.75) is 45.1 Å². The van der Waals surface area contributed by atoms with Gasteiger partial charge in [-0.05, 0) is 50.3 Å². The minimum atomic E-state index is 0.218. The number of carbonyl (C=O) groups is 1. The van der Waals surface area contributed by atoms with E-state index in [2.05, 4.69) is 22.5 Å². The lowest BCUT2D eigenvalue weighted by Crippen LogP contribution is -2.44. The summed E-state index contributed by atoms with van der Waals surface area (Å²) in [5, 5.41) is 7.17. The molecule has 2 rings (SSSR count). The first kappa shape index (κ1) is 21.4. The topological polar surface area (TPSA) is 66.0 Å². The maximum absolute atomic E-state index is 12.4. The molecular formula is C20H31ClN4O2. The fourth-order valence-electron chi connectivity index (χ4n) is 3.29. The van der Waals surface area contributed by atoms with Gasteiger partial charge < -0.3 is 20.3 Å². The van der Waals surface area contributed by atoms with Crippen LogP contribution in [0.5, 0.6) is 5.75 Å². The van der Waals surface area contributed by atoms with Gasteiger partial charge in [-0.1, -0.05) is 17.7 Å². The van der Waals surface area contributed by atoms with Gasteiger partial charge in [0.2, 0.25) is 5.91 Å². The third-order valence-corrected chi connectivity index (χ3v) is 5.28. The van der Waals surface area contributed by atoms with Gasteiger partial charge in [-0.15, -0.1) is 0 Å². The summed E-state index contributed by atoms with van der Waals surface area (Å²) in [6.45, 7) is 4.29. The Morgan fingerprint density at radius 2 is 2.11 bits per heavy atom. The number of halogens is 1. The summed E-state index contributed by atoms with van der Waals surface area (Å²) in [5.74, 6) is 1.66. The zero-order chi connectivity index (χ0) is 19.6. The number of benzene rings is 1. The Hall–Kier alpha value is -1.95. The molecule has 1 aliphatic heterocycles. The normalized spacial score (nSPS) is 17.6. The molecule has 1 aliphatic rings. The van der Waals surface area contributed by atoms with Crippen molar-refractivity contribution < 1.29 is 9.53 Å². The SMILES string of the molecule is CN=C(NCCC(=O)N1CCCCC1C)NCCc1ccc(OC)cc1Cl. The number of nitrogens with one attached hydrogen (secondary N) is 2. The van der Waals surface area contributed by atoms with E-state index in [1.54, 1.807) is 14.2 Å². The smallest absolute Gasteiger partial charge is 0.224 e. The van der Waals surface area contributed by atoms with E-state index >= 15 is 0 Å². The monoisotopic (exact) mass is 394 g/mol. The average molecular weight is 395 g/mol. The lowest BCUT2D eigenvalue weighted by Gasteiger charge is -2.33. The molecule has 1 atom stereocenters. The van der Waals surface area contributed by atoms with E-state index in [0.29, 0.717) is 36.5 Å². The van der Waals surface area contributed by atoms with E-state index in [9.17, 15) is 4.79 Å². The summed E-state index contributed by atoms with van der Waals surface area (Å²) in [6.07, 6.45) is 4.69. The highest BCUT2D eigenvalue weighted by Crippen LogP contribution is 2.22. The zero-order valence-corrected chi connectivity index (χ0v) is 17.3. The van der Waals surface area contributed by atoms with Crippen LogP contribution in [-0.4, -0.2) is 56.6 Å². The van der Waals surface area contributed by atoms with Gasteiger partial charge in [-0.3, -0.25) is 9.79 Å². The molecule has 0 saturated carbocycles. The maximum atomic E-state index is 12.4. The van der Waals surface area contributed by atoms with Gasteiger partial charge in [-0.2, -0.15) is 0 Å². The number of aliphatic imine (C=N–C) groups is 1. The summed E-state index contributed by atoms with van der Waals surface area (Å²) < 4.78 is 5.16. The molecule has 1 fully saturated rings. The number of hydrogen-bond donors (Lipinski definition) is 2. The van der Waals surface area contributed by atoms with Crippen LogP contribution in [0.4, 0.5) is 0 Å². The second kappa shape index (κ2) is 11.0. The number of amides is 1. The first-order valence-electron chi connectivity index (χ1n) is 9.61. The largest absolute Gasteiger partial charge is 0.497 e. The Morgan fingerprint density at radius 1 is 1.33 bits per heavy atom. The van der Waals surface area contributed by atoms with Crippen LogP contribution < -0.4 is 15.4 Å². The van der Waals surface area contributed by atoms with Crippen LogP contribution >= 0.6 is 11.6 Å². The highest BCUT2D eigenvalue weighted by Gasteiger charge is 2.22. The highest BCUT2D eigenvalue weighted by molar-refractivity contribution is 6.31. The average Bonchev–Trinajstić information content (AvgIpc) is 2.68. The third kappa shape index (κ3) is 6.61. The minimum Gasteiger partial charge on any atom is -0.497 e. The van der Waals surface area contributed by atoms with Gasteiger partial charge >= 0.3 is 0 Å². The first-order chi connectivity index (χ1) is 13.0. The molecule has 6 nitrogen and oxygen atoms in total. The predicted octanol–water partition coefficient (Wildman–Crippen LogP) is 2.85. The quantitative estimate of drug-likeness (QED) is 0.551. The molecule has 150 valence electrons. The summed E-state index contributed by atoms with van der Waals surface area (Å²) >= 11 is 6.27. The molecule has 0 aromatic heterocycles. The maximum Gasteiger partial charge on any atom is 0.224 e. The molecule has 0 bridgehead atoms. The molecule has 27 heavy (non-hydrogen) atoms. The number of nitrogens with zero attached hydrogens (tertiary/aromatic N) is 2. The van der Waals surface area contributed by atoms with Crippen LogP contribution in [0.1, 0.15) is 38.2 Å². The van der Waals surface area contributed by atoms with E-state index in [0.717, 1.165) is 37.1 Å². The lowest BCUT2D eigenvalue weighted by molar-refractivity contribution is -0.134.